The van der Waals surface area contributed by atoms with Crippen LogP contribution in [0.2, 0.25) is 0 Å². The van der Waals surface area contributed by atoms with Crippen molar-refractivity contribution in [1.29, 1.82) is 0 Å². The summed E-state index contributed by atoms with van der Waals surface area (Å²) in [6, 6.07) is 0.181. The summed E-state index contributed by atoms with van der Waals surface area (Å²) in [5.41, 5.74) is 1.40. The monoisotopic (exact) mass is 363 g/mol. The van der Waals surface area contributed by atoms with Gasteiger partial charge >= 0.3 is 12.1 Å². The number of hydrogen-bond acceptors (Lipinski definition) is 4. The number of ether oxygens (including phenoxy) is 1. The number of rotatable bonds is 3. The molecule has 2 aliphatic carbocycles. The highest BCUT2D eigenvalue weighted by Gasteiger charge is 2.32. The zero-order valence-electron chi connectivity index (χ0n) is 15.9. The van der Waals surface area contributed by atoms with Gasteiger partial charge in [0.1, 0.15) is 5.60 Å². The molecular weight excluding hydrogens is 334 g/mol. The number of carbonyl (C=O) groups is 2. The predicted molar refractivity (Wildman–Crippen MR) is 96.5 cm³/mol. The van der Waals surface area contributed by atoms with E-state index < -0.39 is 17.7 Å². The lowest BCUT2D eigenvalue weighted by Crippen LogP contribution is -2.42. The first kappa shape index (κ1) is 18.7. The molecular formula is C19H29N3O4. The fourth-order valence-corrected chi connectivity index (χ4v) is 4.04. The van der Waals surface area contributed by atoms with Crippen LogP contribution in [0.15, 0.2) is 0 Å². The van der Waals surface area contributed by atoms with Gasteiger partial charge in [-0.25, -0.2) is 9.59 Å². The third-order valence-electron chi connectivity index (χ3n) is 5.14. The summed E-state index contributed by atoms with van der Waals surface area (Å²) in [7, 11) is 0. The van der Waals surface area contributed by atoms with Crippen LogP contribution < -0.4 is 5.32 Å². The van der Waals surface area contributed by atoms with Crippen molar-refractivity contribution in [3.63, 3.8) is 0 Å². The summed E-state index contributed by atoms with van der Waals surface area (Å²) >= 11 is 0. The van der Waals surface area contributed by atoms with E-state index >= 15 is 0 Å². The molecule has 7 heteroatoms. The number of carboxylic acid groups (broad SMARTS) is 1. The number of aromatic nitrogens is 2. The van der Waals surface area contributed by atoms with Crippen molar-refractivity contribution in [1.82, 2.24) is 15.1 Å². The molecule has 1 aromatic heterocycles. The molecule has 0 spiro atoms. The first-order chi connectivity index (χ1) is 12.2. The van der Waals surface area contributed by atoms with E-state index in [-0.39, 0.29) is 11.7 Å². The minimum Gasteiger partial charge on any atom is -0.476 e. The molecule has 2 N–H and O–H groups in total. The Bertz CT molecular complexity index is 684. The number of hydrogen-bond donors (Lipinski definition) is 2. The molecule has 2 aliphatic rings. The molecule has 1 amide bonds. The average Bonchev–Trinajstić information content (AvgIpc) is 2.93. The molecule has 0 radical (unpaired) electrons. The summed E-state index contributed by atoms with van der Waals surface area (Å²) in [5.74, 6) is -0.992. The normalized spacial score (nSPS) is 21.1. The Balaban J connectivity index is 1.78. The number of fused-ring (bicyclic) bond motifs is 1. The quantitative estimate of drug-likeness (QED) is 0.858. The highest BCUT2D eigenvalue weighted by Crippen LogP contribution is 2.33. The van der Waals surface area contributed by atoms with Crippen molar-refractivity contribution in [2.75, 3.05) is 0 Å². The number of amides is 1. The molecule has 0 saturated heterocycles. The molecule has 3 rings (SSSR count). The predicted octanol–water partition coefficient (Wildman–Crippen LogP) is 3.47. The maximum Gasteiger partial charge on any atom is 0.407 e. The van der Waals surface area contributed by atoms with E-state index in [2.05, 4.69) is 10.4 Å². The second-order valence-electron chi connectivity index (χ2n) is 8.40. The van der Waals surface area contributed by atoms with E-state index in [0.717, 1.165) is 36.9 Å². The Morgan fingerprint density at radius 2 is 1.88 bits per heavy atom. The van der Waals surface area contributed by atoms with Gasteiger partial charge in [-0.15, -0.1) is 0 Å². The molecule has 7 nitrogen and oxygen atoms in total. The Morgan fingerprint density at radius 3 is 2.50 bits per heavy atom. The molecule has 144 valence electrons. The number of nitrogens with zero attached hydrogens (tertiary/aromatic N) is 2. The second kappa shape index (κ2) is 7.29. The van der Waals surface area contributed by atoms with Crippen LogP contribution in [0.1, 0.15) is 87.1 Å². The Labute approximate surface area is 154 Å². The van der Waals surface area contributed by atoms with E-state index in [1.165, 1.54) is 19.3 Å². The minimum absolute atomic E-state index is 0.126. The van der Waals surface area contributed by atoms with Crippen LogP contribution in [0.4, 0.5) is 4.79 Å². The van der Waals surface area contributed by atoms with E-state index in [4.69, 9.17) is 4.74 Å². The maximum atomic E-state index is 12.0. The summed E-state index contributed by atoms with van der Waals surface area (Å²) in [5, 5.41) is 16.9. The van der Waals surface area contributed by atoms with Crippen LogP contribution >= 0.6 is 0 Å². The van der Waals surface area contributed by atoms with Gasteiger partial charge in [0.25, 0.3) is 0 Å². The first-order valence-corrected chi connectivity index (χ1v) is 9.57. The zero-order valence-corrected chi connectivity index (χ0v) is 15.9. The number of aromatic carboxylic acids is 1. The van der Waals surface area contributed by atoms with Gasteiger partial charge in [-0.2, -0.15) is 5.10 Å². The van der Waals surface area contributed by atoms with Crippen LogP contribution in [0.25, 0.3) is 0 Å². The second-order valence-corrected chi connectivity index (χ2v) is 8.40. The zero-order chi connectivity index (χ0) is 18.9. The fraction of sp³-hybridized carbons (Fsp3) is 0.737. The van der Waals surface area contributed by atoms with Gasteiger partial charge in [0.15, 0.2) is 5.69 Å². The van der Waals surface area contributed by atoms with Gasteiger partial charge < -0.3 is 15.2 Å². The lowest BCUT2D eigenvalue weighted by atomic mass is 9.90. The van der Waals surface area contributed by atoms with Crippen molar-refractivity contribution in [3.8, 4) is 0 Å². The summed E-state index contributed by atoms with van der Waals surface area (Å²) in [6.45, 7) is 5.47. The van der Waals surface area contributed by atoms with Crippen LogP contribution in [-0.4, -0.2) is 38.6 Å². The molecule has 1 atom stereocenters. The third kappa shape index (κ3) is 4.19. The van der Waals surface area contributed by atoms with Gasteiger partial charge in [0.05, 0.1) is 6.04 Å². The maximum absolute atomic E-state index is 12.0. The molecule has 1 saturated carbocycles. The number of nitrogens with one attached hydrogen (secondary N) is 1. The fourth-order valence-electron chi connectivity index (χ4n) is 4.04. The minimum atomic E-state index is -0.992. The molecule has 26 heavy (non-hydrogen) atoms. The summed E-state index contributed by atoms with van der Waals surface area (Å²) in [4.78, 5) is 23.7. The van der Waals surface area contributed by atoms with Crippen LogP contribution in [-0.2, 0) is 17.6 Å². The Morgan fingerprint density at radius 1 is 1.19 bits per heavy atom. The van der Waals surface area contributed by atoms with Gasteiger partial charge in [-0.3, -0.25) is 4.68 Å². The number of alkyl carbamates (subject to hydrolysis) is 1. The molecule has 1 aromatic rings. The number of carboxylic acids is 1. The molecule has 0 aromatic carbocycles. The molecule has 1 heterocycles. The van der Waals surface area contributed by atoms with Gasteiger partial charge in [0.2, 0.25) is 0 Å². The molecule has 1 fully saturated rings. The first-order valence-electron chi connectivity index (χ1n) is 9.57. The van der Waals surface area contributed by atoms with Crippen LogP contribution in [0.5, 0.6) is 0 Å². The van der Waals surface area contributed by atoms with Crippen molar-refractivity contribution >= 4 is 12.1 Å². The topological polar surface area (TPSA) is 93.4 Å². The average molecular weight is 363 g/mol. The molecule has 0 aliphatic heterocycles. The summed E-state index contributed by atoms with van der Waals surface area (Å²) < 4.78 is 7.29. The van der Waals surface area contributed by atoms with Gasteiger partial charge in [-0.1, -0.05) is 19.3 Å². The standard InChI is InChI=1S/C19H29N3O4/c1-19(2,3)26-18(25)20-12-9-10-15-14(11-12)16(17(23)24)21-22(15)13-7-5-4-6-8-13/h12-13H,4-11H2,1-3H3,(H,20,25)(H,23,24)/t12-/m0/s1. The third-order valence-corrected chi connectivity index (χ3v) is 5.14. The lowest BCUT2D eigenvalue weighted by molar-refractivity contribution is 0.0500. The van der Waals surface area contributed by atoms with Crippen molar-refractivity contribution in [2.45, 2.75) is 89.8 Å². The SMILES string of the molecule is CC(C)(C)OC(=O)N[C@H]1CCc2c(c(C(=O)O)nn2C2CCCCC2)C1. The van der Waals surface area contributed by atoms with E-state index in [1.807, 2.05) is 25.5 Å². The van der Waals surface area contributed by atoms with Crippen LogP contribution in [0, 0.1) is 0 Å². The van der Waals surface area contributed by atoms with Crippen molar-refractivity contribution in [2.24, 2.45) is 0 Å². The van der Waals surface area contributed by atoms with E-state index in [9.17, 15) is 14.7 Å². The van der Waals surface area contributed by atoms with Gasteiger partial charge in [0, 0.05) is 17.3 Å². The van der Waals surface area contributed by atoms with E-state index in [0.29, 0.717) is 12.5 Å². The largest absolute Gasteiger partial charge is 0.476 e. The van der Waals surface area contributed by atoms with Gasteiger partial charge in [-0.05, 0) is 52.9 Å². The smallest absolute Gasteiger partial charge is 0.407 e. The highest BCUT2D eigenvalue weighted by molar-refractivity contribution is 5.87. The molecule has 0 bridgehead atoms. The Kier molecular flexibility index (Phi) is 5.25. The van der Waals surface area contributed by atoms with Crippen molar-refractivity contribution < 1.29 is 19.4 Å². The van der Waals surface area contributed by atoms with Crippen LogP contribution in [0.3, 0.4) is 0 Å². The number of carbonyl (C=O) groups excluding carboxylic acids is 1. The Hall–Kier alpha value is -2.05. The van der Waals surface area contributed by atoms with E-state index in [1.54, 1.807) is 0 Å². The summed E-state index contributed by atoms with van der Waals surface area (Å²) in [6.07, 6.45) is 7.24. The molecule has 0 unspecified atom stereocenters. The van der Waals surface area contributed by atoms with Crippen molar-refractivity contribution in [3.05, 3.63) is 17.0 Å². The lowest BCUT2D eigenvalue weighted by Gasteiger charge is -2.28. The highest BCUT2D eigenvalue weighted by atomic mass is 16.6.